The van der Waals surface area contributed by atoms with E-state index in [0.717, 1.165) is 16.8 Å². The Morgan fingerprint density at radius 1 is 1.07 bits per heavy atom. The summed E-state index contributed by atoms with van der Waals surface area (Å²) < 4.78 is 7.54. The number of carbonyl (C=O) groups is 1. The highest BCUT2D eigenvalue weighted by molar-refractivity contribution is 5.87. The molecule has 0 spiro atoms. The average molecular weight is 361 g/mol. The molecule has 8 heteroatoms. The number of rotatable bonds is 6. The summed E-state index contributed by atoms with van der Waals surface area (Å²) >= 11 is 0. The fraction of sp³-hybridized carbons (Fsp3) is 0.0526. The van der Waals surface area contributed by atoms with Crippen molar-refractivity contribution in [2.24, 2.45) is 0 Å². The van der Waals surface area contributed by atoms with Gasteiger partial charge in [-0.1, -0.05) is 17.2 Å². The number of imidazole rings is 1. The number of carboxylic acids is 1. The van der Waals surface area contributed by atoms with E-state index in [9.17, 15) is 4.79 Å². The summed E-state index contributed by atoms with van der Waals surface area (Å²) in [5.74, 6) is -0.536. The Balaban J connectivity index is 1.41. The van der Waals surface area contributed by atoms with Crippen molar-refractivity contribution < 1.29 is 14.3 Å². The number of benzene rings is 2. The van der Waals surface area contributed by atoms with Gasteiger partial charge in [0.25, 0.3) is 0 Å². The zero-order chi connectivity index (χ0) is 18.6. The van der Waals surface area contributed by atoms with E-state index in [0.29, 0.717) is 18.5 Å². The third-order valence-corrected chi connectivity index (χ3v) is 3.99. The van der Waals surface area contributed by atoms with Gasteiger partial charge in [0.1, 0.15) is 0 Å². The molecule has 2 heterocycles. The van der Waals surface area contributed by atoms with Gasteiger partial charge < -0.3 is 19.4 Å². The Kier molecular flexibility index (Phi) is 4.36. The Labute approximate surface area is 154 Å². The van der Waals surface area contributed by atoms with Crippen LogP contribution in [0, 0.1) is 0 Å². The van der Waals surface area contributed by atoms with Gasteiger partial charge in [0.05, 0.1) is 11.9 Å². The zero-order valence-corrected chi connectivity index (χ0v) is 14.1. The fourth-order valence-corrected chi connectivity index (χ4v) is 2.54. The van der Waals surface area contributed by atoms with Crippen molar-refractivity contribution in [2.45, 2.75) is 6.54 Å². The lowest BCUT2D eigenvalue weighted by atomic mass is 10.1. The number of aromatic carboxylic acids is 1. The second-order valence-electron chi connectivity index (χ2n) is 5.78. The van der Waals surface area contributed by atoms with E-state index in [2.05, 4.69) is 20.5 Å². The van der Waals surface area contributed by atoms with Crippen LogP contribution in [-0.2, 0) is 6.54 Å². The van der Waals surface area contributed by atoms with Crippen molar-refractivity contribution in [2.75, 3.05) is 5.32 Å². The maximum atomic E-state index is 10.9. The molecular formula is C19H15N5O3. The number of carboxylic acid groups (broad SMARTS) is 1. The molecular weight excluding hydrogens is 346 g/mol. The molecule has 0 bridgehead atoms. The van der Waals surface area contributed by atoms with Crippen LogP contribution in [0.4, 0.5) is 6.01 Å². The van der Waals surface area contributed by atoms with Crippen LogP contribution in [0.1, 0.15) is 15.9 Å². The second-order valence-corrected chi connectivity index (χ2v) is 5.78. The summed E-state index contributed by atoms with van der Waals surface area (Å²) in [7, 11) is 0. The van der Waals surface area contributed by atoms with Gasteiger partial charge in [-0.25, -0.2) is 9.78 Å². The maximum absolute atomic E-state index is 10.9. The topological polar surface area (TPSA) is 106 Å². The Morgan fingerprint density at radius 3 is 2.52 bits per heavy atom. The van der Waals surface area contributed by atoms with Gasteiger partial charge in [-0.2, -0.15) is 0 Å². The highest BCUT2D eigenvalue weighted by Crippen LogP contribution is 2.21. The van der Waals surface area contributed by atoms with Gasteiger partial charge in [0, 0.05) is 30.2 Å². The van der Waals surface area contributed by atoms with E-state index in [1.54, 1.807) is 36.8 Å². The average Bonchev–Trinajstić information content (AvgIpc) is 3.39. The summed E-state index contributed by atoms with van der Waals surface area (Å²) in [6.45, 7) is 0.446. The zero-order valence-electron chi connectivity index (χ0n) is 14.1. The van der Waals surface area contributed by atoms with E-state index >= 15 is 0 Å². The van der Waals surface area contributed by atoms with Crippen LogP contribution in [0.25, 0.3) is 17.1 Å². The molecule has 0 aliphatic carbocycles. The Hall–Kier alpha value is -3.94. The molecule has 0 atom stereocenters. The van der Waals surface area contributed by atoms with Crippen LogP contribution in [0.2, 0.25) is 0 Å². The highest BCUT2D eigenvalue weighted by Gasteiger charge is 2.09. The molecule has 2 aromatic heterocycles. The van der Waals surface area contributed by atoms with Crippen molar-refractivity contribution >= 4 is 12.0 Å². The highest BCUT2D eigenvalue weighted by atomic mass is 16.4. The Morgan fingerprint density at radius 2 is 1.85 bits per heavy atom. The minimum atomic E-state index is -0.949. The summed E-state index contributed by atoms with van der Waals surface area (Å²) in [4.78, 5) is 14.9. The quantitative estimate of drug-likeness (QED) is 0.543. The molecule has 0 aliphatic heterocycles. The van der Waals surface area contributed by atoms with Crippen molar-refractivity contribution in [3.8, 4) is 17.1 Å². The summed E-state index contributed by atoms with van der Waals surface area (Å²) in [5, 5.41) is 20.0. The molecule has 8 nitrogen and oxygen atoms in total. The van der Waals surface area contributed by atoms with Crippen molar-refractivity contribution in [3.05, 3.63) is 78.4 Å². The van der Waals surface area contributed by atoms with Gasteiger partial charge in [0.2, 0.25) is 5.89 Å². The minimum Gasteiger partial charge on any atom is -0.478 e. The van der Waals surface area contributed by atoms with E-state index in [4.69, 9.17) is 9.52 Å². The number of nitrogens with zero attached hydrogens (tertiary/aromatic N) is 4. The Bertz CT molecular complexity index is 1040. The standard InChI is InChI=1S/C19H15N5O3/c25-18(26)15-3-1-13(2-4-15)11-21-19-23-22-17(27-19)14-5-7-16(8-6-14)24-10-9-20-12-24/h1-10,12H,11H2,(H,21,23)(H,25,26). The predicted molar refractivity (Wildman–Crippen MR) is 97.6 cm³/mol. The normalized spacial score (nSPS) is 10.7. The van der Waals surface area contributed by atoms with Crippen molar-refractivity contribution in [1.82, 2.24) is 19.7 Å². The fourth-order valence-electron chi connectivity index (χ4n) is 2.54. The van der Waals surface area contributed by atoms with E-state index in [-0.39, 0.29) is 5.56 Å². The molecule has 2 N–H and O–H groups in total. The third-order valence-electron chi connectivity index (χ3n) is 3.99. The lowest BCUT2D eigenvalue weighted by molar-refractivity contribution is 0.0697. The lowest BCUT2D eigenvalue weighted by Gasteiger charge is -2.03. The van der Waals surface area contributed by atoms with Gasteiger partial charge in [-0.05, 0) is 42.0 Å². The number of nitrogens with one attached hydrogen (secondary N) is 1. The molecule has 4 aromatic rings. The summed E-state index contributed by atoms with van der Waals surface area (Å²) in [6, 6.07) is 14.6. The first-order chi connectivity index (χ1) is 13.2. The van der Waals surface area contributed by atoms with Crippen LogP contribution < -0.4 is 5.32 Å². The summed E-state index contributed by atoms with van der Waals surface area (Å²) in [6.07, 6.45) is 5.32. The molecule has 27 heavy (non-hydrogen) atoms. The number of anilines is 1. The van der Waals surface area contributed by atoms with Crippen LogP contribution in [0.3, 0.4) is 0 Å². The molecule has 0 amide bonds. The molecule has 0 radical (unpaired) electrons. The molecule has 0 saturated carbocycles. The molecule has 2 aromatic carbocycles. The van der Waals surface area contributed by atoms with Gasteiger partial charge in [-0.3, -0.25) is 0 Å². The van der Waals surface area contributed by atoms with E-state index < -0.39 is 5.97 Å². The molecule has 4 rings (SSSR count). The first-order valence-corrected chi connectivity index (χ1v) is 8.17. The van der Waals surface area contributed by atoms with Crippen LogP contribution in [0.5, 0.6) is 0 Å². The minimum absolute atomic E-state index is 0.248. The van der Waals surface area contributed by atoms with E-state index in [1.165, 1.54) is 0 Å². The number of aromatic nitrogens is 4. The lowest BCUT2D eigenvalue weighted by Crippen LogP contribution is -2.01. The second kappa shape index (κ2) is 7.12. The van der Waals surface area contributed by atoms with Crippen LogP contribution in [-0.4, -0.2) is 30.8 Å². The number of hydrogen-bond acceptors (Lipinski definition) is 6. The maximum Gasteiger partial charge on any atom is 0.335 e. The monoisotopic (exact) mass is 361 g/mol. The van der Waals surface area contributed by atoms with Gasteiger partial charge in [-0.15, -0.1) is 5.10 Å². The molecule has 0 saturated heterocycles. The largest absolute Gasteiger partial charge is 0.478 e. The van der Waals surface area contributed by atoms with Gasteiger partial charge >= 0.3 is 12.0 Å². The first kappa shape index (κ1) is 16.5. The van der Waals surface area contributed by atoms with Crippen LogP contribution >= 0.6 is 0 Å². The van der Waals surface area contributed by atoms with Crippen molar-refractivity contribution in [3.63, 3.8) is 0 Å². The summed E-state index contributed by atoms with van der Waals surface area (Å²) in [5.41, 5.74) is 2.95. The molecule has 0 unspecified atom stereocenters. The first-order valence-electron chi connectivity index (χ1n) is 8.17. The molecule has 0 aliphatic rings. The SMILES string of the molecule is O=C(O)c1ccc(CNc2nnc(-c3ccc(-n4ccnc4)cc3)o2)cc1. The number of hydrogen-bond donors (Lipinski definition) is 2. The molecule has 134 valence electrons. The van der Waals surface area contributed by atoms with Crippen molar-refractivity contribution in [1.29, 1.82) is 0 Å². The molecule has 0 fully saturated rings. The van der Waals surface area contributed by atoms with Gasteiger partial charge in [0.15, 0.2) is 0 Å². The van der Waals surface area contributed by atoms with E-state index in [1.807, 2.05) is 35.0 Å². The van der Waals surface area contributed by atoms with Crippen LogP contribution in [0.15, 0.2) is 71.7 Å². The predicted octanol–water partition coefficient (Wildman–Crippen LogP) is 3.23. The third kappa shape index (κ3) is 3.69. The smallest absolute Gasteiger partial charge is 0.335 e.